The summed E-state index contributed by atoms with van der Waals surface area (Å²) >= 11 is 0. The molecule has 0 spiro atoms. The van der Waals surface area contributed by atoms with Crippen molar-refractivity contribution in [1.82, 2.24) is 9.88 Å². The SMILES string of the molecule is O=C(Nc1ccc(-c2cc3cc(-c4ccc5c(c4)OCCO5)ccc3[nH]2)cc1)[C@@H]1CCCN1C(=O)Cc1ccccc1. The van der Waals surface area contributed by atoms with Gasteiger partial charge >= 0.3 is 0 Å². The van der Waals surface area contributed by atoms with Gasteiger partial charge < -0.3 is 24.7 Å². The molecule has 0 bridgehead atoms. The lowest BCUT2D eigenvalue weighted by Gasteiger charge is -2.24. The minimum atomic E-state index is -0.446. The van der Waals surface area contributed by atoms with E-state index in [1.54, 1.807) is 4.90 Å². The smallest absolute Gasteiger partial charge is 0.247 e. The third kappa shape index (κ3) is 5.21. The molecular formula is C35H31N3O4. The van der Waals surface area contributed by atoms with Gasteiger partial charge in [-0.25, -0.2) is 0 Å². The summed E-state index contributed by atoms with van der Waals surface area (Å²) in [6.07, 6.45) is 1.81. The van der Waals surface area contributed by atoms with Crippen molar-refractivity contribution in [2.75, 3.05) is 25.1 Å². The molecule has 1 saturated heterocycles. The molecule has 5 aromatic rings. The van der Waals surface area contributed by atoms with Crippen LogP contribution in [0.25, 0.3) is 33.3 Å². The van der Waals surface area contributed by atoms with Crippen molar-refractivity contribution in [3.05, 3.63) is 103 Å². The largest absolute Gasteiger partial charge is 0.486 e. The van der Waals surface area contributed by atoms with E-state index in [0.29, 0.717) is 38.3 Å². The molecule has 1 fully saturated rings. The third-order valence-electron chi connectivity index (χ3n) is 8.03. The van der Waals surface area contributed by atoms with Gasteiger partial charge in [0.05, 0.1) is 6.42 Å². The predicted octanol–water partition coefficient (Wildman–Crippen LogP) is 6.45. The molecule has 1 atom stereocenters. The van der Waals surface area contributed by atoms with Crippen LogP contribution in [-0.4, -0.2) is 47.5 Å². The normalized spacial score (nSPS) is 16.0. The number of amides is 2. The molecular weight excluding hydrogens is 526 g/mol. The summed E-state index contributed by atoms with van der Waals surface area (Å²) in [7, 11) is 0. The molecule has 7 nitrogen and oxygen atoms in total. The van der Waals surface area contributed by atoms with Gasteiger partial charge in [0.1, 0.15) is 19.3 Å². The van der Waals surface area contributed by atoms with E-state index >= 15 is 0 Å². The number of nitrogens with one attached hydrogen (secondary N) is 2. The van der Waals surface area contributed by atoms with E-state index in [2.05, 4.69) is 40.6 Å². The summed E-state index contributed by atoms with van der Waals surface area (Å²) in [5.74, 6) is 1.41. The van der Waals surface area contributed by atoms with Crippen LogP contribution in [0.4, 0.5) is 5.69 Å². The maximum absolute atomic E-state index is 13.2. The molecule has 2 aliphatic rings. The first kappa shape index (κ1) is 25.9. The van der Waals surface area contributed by atoms with Gasteiger partial charge in [0.2, 0.25) is 11.8 Å². The Bertz CT molecular complexity index is 1760. The Hall–Kier alpha value is -5.04. The Morgan fingerprint density at radius 3 is 2.38 bits per heavy atom. The quantitative estimate of drug-likeness (QED) is 0.252. The number of fused-ring (bicyclic) bond motifs is 2. The van der Waals surface area contributed by atoms with Crippen molar-refractivity contribution in [3.8, 4) is 33.9 Å². The summed E-state index contributed by atoms with van der Waals surface area (Å²) in [6, 6.07) is 31.6. The lowest BCUT2D eigenvalue weighted by molar-refractivity contribution is -0.136. The van der Waals surface area contributed by atoms with Gasteiger partial charge in [-0.1, -0.05) is 54.6 Å². The van der Waals surface area contributed by atoms with Gasteiger partial charge in [-0.2, -0.15) is 0 Å². The van der Waals surface area contributed by atoms with Gasteiger partial charge in [0.15, 0.2) is 11.5 Å². The van der Waals surface area contributed by atoms with Crippen LogP contribution >= 0.6 is 0 Å². The molecule has 210 valence electrons. The second-order valence-corrected chi connectivity index (χ2v) is 10.8. The summed E-state index contributed by atoms with van der Waals surface area (Å²) in [5, 5.41) is 4.13. The van der Waals surface area contributed by atoms with E-state index < -0.39 is 6.04 Å². The van der Waals surface area contributed by atoms with Crippen molar-refractivity contribution < 1.29 is 19.1 Å². The van der Waals surface area contributed by atoms with Crippen LogP contribution in [0.2, 0.25) is 0 Å². The predicted molar refractivity (Wildman–Crippen MR) is 164 cm³/mol. The standard InChI is InChI=1S/C35H31N3O4/c39-34(19-23-5-2-1-3-6-23)38-16-4-7-31(38)35(40)36-28-12-8-24(9-13-28)30-21-27-20-25(10-14-29(27)37-30)26-11-15-32-33(22-26)42-18-17-41-32/h1-3,5-6,8-15,20-22,31,37H,4,7,16-19H2,(H,36,40)/t31-/m0/s1. The minimum absolute atomic E-state index is 0.00913. The van der Waals surface area contributed by atoms with Crippen LogP contribution < -0.4 is 14.8 Å². The van der Waals surface area contributed by atoms with Crippen LogP contribution in [0.3, 0.4) is 0 Å². The molecule has 0 aliphatic carbocycles. The van der Waals surface area contributed by atoms with Crippen molar-refractivity contribution in [1.29, 1.82) is 0 Å². The average molecular weight is 558 g/mol. The van der Waals surface area contributed by atoms with Gasteiger partial charge in [-0.3, -0.25) is 9.59 Å². The maximum atomic E-state index is 13.2. The number of likely N-dealkylation sites (tertiary alicyclic amines) is 1. The van der Waals surface area contributed by atoms with Crippen LogP contribution in [0.1, 0.15) is 18.4 Å². The van der Waals surface area contributed by atoms with E-state index in [0.717, 1.165) is 56.8 Å². The molecule has 3 heterocycles. The topological polar surface area (TPSA) is 83.7 Å². The molecule has 7 rings (SSSR count). The molecule has 2 aliphatic heterocycles. The Balaban J connectivity index is 1.03. The summed E-state index contributed by atoms with van der Waals surface area (Å²) in [6.45, 7) is 1.75. The first-order valence-corrected chi connectivity index (χ1v) is 14.4. The molecule has 2 N–H and O–H groups in total. The summed E-state index contributed by atoms with van der Waals surface area (Å²) in [5.41, 5.74) is 6.91. The van der Waals surface area contributed by atoms with Gasteiger partial charge in [-0.15, -0.1) is 0 Å². The number of aromatic amines is 1. The fraction of sp³-hybridized carbons (Fsp3) is 0.200. The molecule has 7 heteroatoms. The molecule has 2 amide bonds. The highest BCUT2D eigenvalue weighted by Gasteiger charge is 2.34. The van der Waals surface area contributed by atoms with Gasteiger partial charge in [-0.05, 0) is 77.6 Å². The Labute approximate surface area is 244 Å². The number of anilines is 1. The maximum Gasteiger partial charge on any atom is 0.247 e. The molecule has 1 aromatic heterocycles. The van der Waals surface area contributed by atoms with E-state index in [9.17, 15) is 9.59 Å². The molecule has 4 aromatic carbocycles. The van der Waals surface area contributed by atoms with E-state index in [1.807, 2.05) is 66.7 Å². The second-order valence-electron chi connectivity index (χ2n) is 10.8. The van der Waals surface area contributed by atoms with E-state index in [4.69, 9.17) is 9.47 Å². The zero-order valence-corrected chi connectivity index (χ0v) is 23.1. The molecule has 42 heavy (non-hydrogen) atoms. The Morgan fingerprint density at radius 1 is 0.810 bits per heavy atom. The zero-order chi connectivity index (χ0) is 28.5. The van der Waals surface area contributed by atoms with Crippen LogP contribution in [0, 0.1) is 0 Å². The van der Waals surface area contributed by atoms with E-state index in [-0.39, 0.29) is 11.8 Å². The molecule has 0 saturated carbocycles. The number of aromatic nitrogens is 1. The number of hydrogen-bond donors (Lipinski definition) is 2. The monoisotopic (exact) mass is 557 g/mol. The number of hydrogen-bond acceptors (Lipinski definition) is 4. The van der Waals surface area contributed by atoms with Crippen molar-refractivity contribution in [2.45, 2.75) is 25.3 Å². The zero-order valence-electron chi connectivity index (χ0n) is 23.1. The minimum Gasteiger partial charge on any atom is -0.486 e. The highest BCUT2D eigenvalue weighted by Crippen LogP contribution is 2.36. The van der Waals surface area contributed by atoms with Crippen molar-refractivity contribution in [3.63, 3.8) is 0 Å². The fourth-order valence-corrected chi connectivity index (χ4v) is 5.86. The number of nitrogens with zero attached hydrogens (tertiary/aromatic N) is 1. The van der Waals surface area contributed by atoms with Crippen LogP contribution in [0.5, 0.6) is 11.5 Å². The number of benzene rings is 4. The third-order valence-corrected chi connectivity index (χ3v) is 8.03. The number of H-pyrrole nitrogens is 1. The lowest BCUT2D eigenvalue weighted by Crippen LogP contribution is -2.43. The molecule has 0 radical (unpaired) electrons. The van der Waals surface area contributed by atoms with Crippen molar-refractivity contribution >= 4 is 28.4 Å². The van der Waals surface area contributed by atoms with E-state index in [1.165, 1.54) is 0 Å². The highest BCUT2D eigenvalue weighted by molar-refractivity contribution is 5.98. The fourth-order valence-electron chi connectivity index (χ4n) is 5.86. The lowest BCUT2D eigenvalue weighted by atomic mass is 10.0. The summed E-state index contributed by atoms with van der Waals surface area (Å²) < 4.78 is 11.4. The first-order valence-electron chi connectivity index (χ1n) is 14.4. The summed E-state index contributed by atoms with van der Waals surface area (Å²) in [4.78, 5) is 31.3. The average Bonchev–Trinajstić information content (AvgIpc) is 3.69. The number of carbonyl (C=O) groups excluding carboxylic acids is 2. The number of ether oxygens (including phenoxy) is 2. The molecule has 0 unspecified atom stereocenters. The van der Waals surface area contributed by atoms with Crippen LogP contribution in [-0.2, 0) is 16.0 Å². The van der Waals surface area contributed by atoms with Crippen molar-refractivity contribution in [2.24, 2.45) is 0 Å². The number of carbonyl (C=O) groups is 2. The second kappa shape index (κ2) is 11.1. The Morgan fingerprint density at radius 2 is 1.55 bits per heavy atom. The van der Waals surface area contributed by atoms with Gasteiger partial charge in [0, 0.05) is 28.8 Å². The van der Waals surface area contributed by atoms with Gasteiger partial charge in [0.25, 0.3) is 0 Å². The highest BCUT2D eigenvalue weighted by atomic mass is 16.6. The Kier molecular flexibility index (Phi) is 6.84. The first-order chi connectivity index (χ1) is 20.6. The van der Waals surface area contributed by atoms with Crippen LogP contribution in [0.15, 0.2) is 97.1 Å². The number of rotatable bonds is 6.